The maximum atomic E-state index is 13.7. The zero-order valence-electron chi connectivity index (χ0n) is 21.9. The highest BCUT2D eigenvalue weighted by molar-refractivity contribution is 7.98. The molecular formula is C26H43N3O4S. The summed E-state index contributed by atoms with van der Waals surface area (Å²) in [6.07, 6.45) is 4.47. The van der Waals surface area contributed by atoms with Crippen molar-refractivity contribution in [1.29, 1.82) is 0 Å². The number of thioether (sulfide) groups is 1. The van der Waals surface area contributed by atoms with Crippen molar-refractivity contribution >= 4 is 29.7 Å². The van der Waals surface area contributed by atoms with Gasteiger partial charge in [-0.25, -0.2) is 4.79 Å². The first-order valence-corrected chi connectivity index (χ1v) is 13.6. The molecule has 8 heteroatoms. The Labute approximate surface area is 209 Å². The van der Waals surface area contributed by atoms with Crippen LogP contribution in [0.3, 0.4) is 0 Å². The maximum absolute atomic E-state index is 13.7. The number of ether oxygens (including phenoxy) is 1. The van der Waals surface area contributed by atoms with Gasteiger partial charge in [-0.05, 0) is 70.1 Å². The third-order valence-corrected chi connectivity index (χ3v) is 5.96. The summed E-state index contributed by atoms with van der Waals surface area (Å²) in [4.78, 5) is 41.1. The second kappa shape index (κ2) is 14.9. The van der Waals surface area contributed by atoms with E-state index in [9.17, 15) is 14.4 Å². The Morgan fingerprint density at radius 2 is 1.74 bits per heavy atom. The van der Waals surface area contributed by atoms with E-state index < -0.39 is 23.8 Å². The number of aryl methyl sites for hydroxylation is 1. The van der Waals surface area contributed by atoms with E-state index in [1.807, 2.05) is 37.4 Å². The van der Waals surface area contributed by atoms with Gasteiger partial charge in [0.15, 0.2) is 0 Å². The zero-order chi connectivity index (χ0) is 25.7. The van der Waals surface area contributed by atoms with Crippen molar-refractivity contribution < 1.29 is 19.1 Å². The monoisotopic (exact) mass is 493 g/mol. The van der Waals surface area contributed by atoms with E-state index in [0.717, 1.165) is 30.4 Å². The summed E-state index contributed by atoms with van der Waals surface area (Å²) < 4.78 is 5.39. The van der Waals surface area contributed by atoms with Crippen LogP contribution in [0, 0.1) is 0 Å². The molecule has 0 heterocycles. The van der Waals surface area contributed by atoms with Crippen molar-refractivity contribution in [2.75, 3.05) is 25.1 Å². The number of hydrogen-bond donors (Lipinski definition) is 2. The van der Waals surface area contributed by atoms with Gasteiger partial charge < -0.3 is 20.3 Å². The third kappa shape index (κ3) is 9.95. The Hall–Kier alpha value is -2.22. The molecule has 7 nitrogen and oxygen atoms in total. The fourth-order valence-electron chi connectivity index (χ4n) is 3.50. The minimum absolute atomic E-state index is 0.214. The second-order valence-electron chi connectivity index (χ2n) is 9.25. The lowest BCUT2D eigenvalue weighted by Crippen LogP contribution is -2.53. The summed E-state index contributed by atoms with van der Waals surface area (Å²) >= 11 is 1.59. The number of amides is 3. The van der Waals surface area contributed by atoms with E-state index >= 15 is 0 Å². The lowest BCUT2D eigenvalue weighted by atomic mass is 10.00. The molecule has 1 rings (SSSR count). The predicted octanol–water partition coefficient (Wildman–Crippen LogP) is 4.70. The van der Waals surface area contributed by atoms with Gasteiger partial charge in [0, 0.05) is 13.1 Å². The Kier molecular flexibility index (Phi) is 13.1. The highest BCUT2D eigenvalue weighted by Gasteiger charge is 2.35. The molecule has 192 valence electrons. The summed E-state index contributed by atoms with van der Waals surface area (Å²) in [7, 11) is 0. The Bertz CT molecular complexity index is 777. The molecule has 0 aromatic heterocycles. The lowest BCUT2D eigenvalue weighted by Gasteiger charge is -2.34. The van der Waals surface area contributed by atoms with Crippen LogP contribution in [0.2, 0.25) is 0 Å². The van der Waals surface area contributed by atoms with E-state index in [1.54, 1.807) is 37.4 Å². The van der Waals surface area contributed by atoms with Gasteiger partial charge in [-0.3, -0.25) is 9.59 Å². The van der Waals surface area contributed by atoms with Crippen LogP contribution in [0.4, 0.5) is 4.79 Å². The van der Waals surface area contributed by atoms with Gasteiger partial charge in [0.25, 0.3) is 0 Å². The SMILES string of the molecule is CCCCNC(=O)C(c1ccc(CC)cc1)N(CC)C(=O)C(CCSC)NC(=O)OC(C)(C)C. The van der Waals surface area contributed by atoms with Gasteiger partial charge in [0.05, 0.1) is 0 Å². The molecule has 2 atom stereocenters. The molecule has 0 fully saturated rings. The summed E-state index contributed by atoms with van der Waals surface area (Å²) in [5.74, 6) is 0.175. The van der Waals surface area contributed by atoms with Gasteiger partial charge in [-0.15, -0.1) is 0 Å². The molecule has 0 aliphatic carbocycles. The number of nitrogens with one attached hydrogen (secondary N) is 2. The van der Waals surface area contributed by atoms with Crippen LogP contribution in [-0.2, 0) is 20.7 Å². The molecular weight excluding hydrogens is 450 g/mol. The lowest BCUT2D eigenvalue weighted by molar-refractivity contribution is -0.142. The fourth-order valence-corrected chi connectivity index (χ4v) is 3.97. The van der Waals surface area contributed by atoms with Crippen molar-refractivity contribution in [2.24, 2.45) is 0 Å². The predicted molar refractivity (Wildman–Crippen MR) is 140 cm³/mol. The highest BCUT2D eigenvalue weighted by atomic mass is 32.2. The van der Waals surface area contributed by atoms with Crippen LogP contribution in [0.1, 0.15) is 78.0 Å². The van der Waals surface area contributed by atoms with Crippen LogP contribution >= 0.6 is 11.8 Å². The van der Waals surface area contributed by atoms with Gasteiger partial charge in [0.2, 0.25) is 11.8 Å². The van der Waals surface area contributed by atoms with Crippen molar-refractivity contribution in [3.05, 3.63) is 35.4 Å². The first-order chi connectivity index (χ1) is 16.1. The molecule has 3 amide bonds. The first kappa shape index (κ1) is 29.8. The summed E-state index contributed by atoms with van der Waals surface area (Å²) in [6.45, 7) is 12.2. The smallest absolute Gasteiger partial charge is 0.408 e. The van der Waals surface area contributed by atoms with E-state index in [1.165, 1.54) is 0 Å². The number of benzene rings is 1. The average molecular weight is 494 g/mol. The van der Waals surface area contributed by atoms with Gasteiger partial charge >= 0.3 is 6.09 Å². The average Bonchev–Trinajstić information content (AvgIpc) is 2.78. The second-order valence-corrected chi connectivity index (χ2v) is 10.2. The Morgan fingerprint density at radius 3 is 2.24 bits per heavy atom. The van der Waals surface area contributed by atoms with Crippen LogP contribution in [0.25, 0.3) is 0 Å². The van der Waals surface area contributed by atoms with Crippen LogP contribution in [0.15, 0.2) is 24.3 Å². The third-order valence-electron chi connectivity index (χ3n) is 5.32. The van der Waals surface area contributed by atoms with Gasteiger partial charge in [-0.1, -0.05) is 44.5 Å². The summed E-state index contributed by atoms with van der Waals surface area (Å²) in [6, 6.07) is 6.24. The number of alkyl carbamates (subject to hydrolysis) is 1. The highest BCUT2D eigenvalue weighted by Crippen LogP contribution is 2.24. The Morgan fingerprint density at radius 1 is 1.09 bits per heavy atom. The molecule has 2 N–H and O–H groups in total. The largest absolute Gasteiger partial charge is 0.444 e. The molecule has 1 aromatic carbocycles. The molecule has 0 saturated heterocycles. The first-order valence-electron chi connectivity index (χ1n) is 12.2. The van der Waals surface area contributed by atoms with Crippen molar-refractivity contribution in [2.45, 2.75) is 84.9 Å². The van der Waals surface area contributed by atoms with E-state index in [2.05, 4.69) is 24.5 Å². The van der Waals surface area contributed by atoms with Gasteiger partial charge in [0.1, 0.15) is 17.7 Å². The van der Waals surface area contributed by atoms with Crippen LogP contribution in [-0.4, -0.2) is 59.5 Å². The van der Waals surface area contributed by atoms with Crippen molar-refractivity contribution in [1.82, 2.24) is 15.5 Å². The number of unbranched alkanes of at least 4 members (excludes halogenated alkanes) is 1. The number of likely N-dealkylation sites (N-methyl/N-ethyl adjacent to an activating group) is 1. The van der Waals surface area contributed by atoms with E-state index in [-0.39, 0.29) is 11.8 Å². The number of rotatable bonds is 13. The topological polar surface area (TPSA) is 87.7 Å². The van der Waals surface area contributed by atoms with E-state index in [4.69, 9.17) is 4.74 Å². The minimum Gasteiger partial charge on any atom is -0.444 e. The minimum atomic E-state index is -0.789. The van der Waals surface area contributed by atoms with Crippen LogP contribution in [0.5, 0.6) is 0 Å². The zero-order valence-corrected chi connectivity index (χ0v) is 22.7. The molecule has 0 radical (unpaired) electrons. The van der Waals surface area contributed by atoms with E-state index in [0.29, 0.717) is 25.3 Å². The molecule has 1 aromatic rings. The quantitative estimate of drug-likeness (QED) is 0.389. The molecule has 0 bridgehead atoms. The molecule has 34 heavy (non-hydrogen) atoms. The standard InChI is InChI=1S/C26H43N3O4S/c1-8-11-17-27-23(30)22(20-14-12-19(9-2)13-15-20)29(10-3)24(31)21(16-18-34-7)28-25(32)33-26(4,5)6/h12-15,21-22H,8-11,16-18H2,1-7H3,(H,27,30)(H,28,32). The summed E-state index contributed by atoms with van der Waals surface area (Å²) in [5, 5.41) is 5.73. The molecule has 0 spiro atoms. The number of carbonyl (C=O) groups is 3. The molecule has 0 aliphatic rings. The number of carbonyl (C=O) groups excluding carboxylic acids is 3. The fraction of sp³-hybridized carbons (Fsp3) is 0.654. The molecule has 2 unspecified atom stereocenters. The number of nitrogens with zero attached hydrogens (tertiary/aromatic N) is 1. The van der Waals surface area contributed by atoms with Crippen molar-refractivity contribution in [3.8, 4) is 0 Å². The normalized spacial score (nSPS) is 13.0. The summed E-state index contributed by atoms with van der Waals surface area (Å²) in [5.41, 5.74) is 1.24. The van der Waals surface area contributed by atoms with Gasteiger partial charge in [-0.2, -0.15) is 11.8 Å². The molecule has 0 saturated carbocycles. The Balaban J connectivity index is 3.27. The number of hydrogen-bond acceptors (Lipinski definition) is 5. The van der Waals surface area contributed by atoms with Crippen LogP contribution < -0.4 is 10.6 Å². The maximum Gasteiger partial charge on any atom is 0.408 e. The van der Waals surface area contributed by atoms with Crippen molar-refractivity contribution in [3.63, 3.8) is 0 Å². The molecule has 0 aliphatic heterocycles.